The summed E-state index contributed by atoms with van der Waals surface area (Å²) in [7, 11) is 1.66. The minimum atomic E-state index is -0.415. The lowest BCUT2D eigenvalue weighted by Crippen LogP contribution is -2.34. The Morgan fingerprint density at radius 3 is 2.68 bits per heavy atom. The third-order valence-electron chi connectivity index (χ3n) is 4.72. The van der Waals surface area contributed by atoms with Crippen LogP contribution in [0.3, 0.4) is 0 Å². The molecule has 2 aromatic rings. The summed E-state index contributed by atoms with van der Waals surface area (Å²) in [5, 5.41) is 3.29. The predicted molar refractivity (Wildman–Crippen MR) is 94.6 cm³/mol. The van der Waals surface area contributed by atoms with Crippen LogP contribution in [0, 0.1) is 11.6 Å². The van der Waals surface area contributed by atoms with E-state index in [1.54, 1.807) is 7.11 Å². The monoisotopic (exact) mass is 346 g/mol. The average molecular weight is 346 g/mol. The number of hydrogen-bond donors (Lipinski definition) is 1. The van der Waals surface area contributed by atoms with Crippen LogP contribution >= 0.6 is 0 Å². The molecule has 1 aliphatic rings. The van der Waals surface area contributed by atoms with Crippen molar-refractivity contribution in [3.63, 3.8) is 0 Å². The minimum Gasteiger partial charge on any atom is -0.497 e. The summed E-state index contributed by atoms with van der Waals surface area (Å²) in [5.41, 5.74) is 1.53. The normalized spacial score (nSPS) is 16.1. The van der Waals surface area contributed by atoms with Crippen LogP contribution in [-0.2, 0) is 6.54 Å². The van der Waals surface area contributed by atoms with Gasteiger partial charge >= 0.3 is 0 Å². The number of ether oxygens (including phenoxy) is 1. The first-order chi connectivity index (χ1) is 12.2. The van der Waals surface area contributed by atoms with Crippen molar-refractivity contribution in [2.24, 2.45) is 0 Å². The highest BCUT2D eigenvalue weighted by molar-refractivity contribution is 5.31. The van der Waals surface area contributed by atoms with Crippen molar-refractivity contribution in [2.75, 3.05) is 26.7 Å². The Labute approximate surface area is 147 Å². The molecule has 2 aromatic carbocycles. The van der Waals surface area contributed by atoms with Gasteiger partial charge in [-0.2, -0.15) is 0 Å². The Hall–Kier alpha value is -1.98. The van der Waals surface area contributed by atoms with Gasteiger partial charge in [0, 0.05) is 24.7 Å². The lowest BCUT2D eigenvalue weighted by molar-refractivity contribution is 0.237. The van der Waals surface area contributed by atoms with Crippen molar-refractivity contribution < 1.29 is 13.5 Å². The summed E-state index contributed by atoms with van der Waals surface area (Å²) in [5.74, 6) is 0.0352. The SMILES string of the molecule is COc1cccc([C@H](CNCc2cc(F)ccc2F)N2CCCC2)c1. The smallest absolute Gasteiger partial charge is 0.127 e. The van der Waals surface area contributed by atoms with Crippen molar-refractivity contribution in [1.82, 2.24) is 10.2 Å². The van der Waals surface area contributed by atoms with E-state index in [-0.39, 0.29) is 11.9 Å². The van der Waals surface area contributed by atoms with E-state index in [4.69, 9.17) is 4.74 Å². The van der Waals surface area contributed by atoms with E-state index < -0.39 is 5.82 Å². The van der Waals surface area contributed by atoms with Crippen LogP contribution in [0.2, 0.25) is 0 Å². The van der Waals surface area contributed by atoms with E-state index in [1.807, 2.05) is 18.2 Å². The van der Waals surface area contributed by atoms with Gasteiger partial charge in [-0.15, -0.1) is 0 Å². The third-order valence-corrected chi connectivity index (χ3v) is 4.72. The zero-order valence-corrected chi connectivity index (χ0v) is 14.5. The molecule has 0 bridgehead atoms. The van der Waals surface area contributed by atoms with Gasteiger partial charge in [0.15, 0.2) is 0 Å². The molecule has 5 heteroatoms. The van der Waals surface area contributed by atoms with Gasteiger partial charge in [-0.25, -0.2) is 8.78 Å². The van der Waals surface area contributed by atoms with E-state index in [1.165, 1.54) is 30.5 Å². The summed E-state index contributed by atoms with van der Waals surface area (Å²) in [6, 6.07) is 11.8. The Kier molecular flexibility index (Phi) is 6.00. The van der Waals surface area contributed by atoms with Gasteiger partial charge in [-0.1, -0.05) is 12.1 Å². The van der Waals surface area contributed by atoms with E-state index >= 15 is 0 Å². The molecule has 25 heavy (non-hydrogen) atoms. The molecule has 134 valence electrons. The number of halogens is 2. The molecule has 1 saturated heterocycles. The van der Waals surface area contributed by atoms with Crippen molar-refractivity contribution in [1.29, 1.82) is 0 Å². The van der Waals surface area contributed by atoms with E-state index in [0.29, 0.717) is 18.7 Å². The largest absolute Gasteiger partial charge is 0.497 e. The molecule has 0 amide bonds. The fourth-order valence-electron chi connectivity index (χ4n) is 3.38. The Morgan fingerprint density at radius 2 is 1.92 bits per heavy atom. The number of benzene rings is 2. The molecular formula is C20H24F2N2O. The molecule has 3 rings (SSSR count). The van der Waals surface area contributed by atoms with Gasteiger partial charge < -0.3 is 10.1 Å². The molecule has 1 atom stereocenters. The van der Waals surface area contributed by atoms with Crippen LogP contribution in [-0.4, -0.2) is 31.6 Å². The maximum atomic E-state index is 13.8. The molecular weight excluding hydrogens is 322 g/mol. The molecule has 1 aliphatic heterocycles. The zero-order valence-electron chi connectivity index (χ0n) is 14.5. The molecule has 3 nitrogen and oxygen atoms in total. The fourth-order valence-corrected chi connectivity index (χ4v) is 3.38. The quantitative estimate of drug-likeness (QED) is 0.823. The standard InChI is InChI=1S/C20H24F2N2O/c1-25-18-6-4-5-15(12-18)20(24-9-2-3-10-24)14-23-13-16-11-17(21)7-8-19(16)22/h4-8,11-12,20,23H,2-3,9-10,13-14H2,1H3/t20-/m0/s1. The first-order valence-corrected chi connectivity index (χ1v) is 8.70. The van der Waals surface area contributed by atoms with Crippen LogP contribution in [0.5, 0.6) is 5.75 Å². The highest BCUT2D eigenvalue weighted by atomic mass is 19.1. The molecule has 0 radical (unpaired) electrons. The maximum absolute atomic E-state index is 13.8. The minimum absolute atomic E-state index is 0.189. The molecule has 0 spiro atoms. The Bertz CT molecular complexity index is 702. The topological polar surface area (TPSA) is 24.5 Å². The van der Waals surface area contributed by atoms with Gasteiger partial charge in [-0.05, 0) is 61.8 Å². The third kappa shape index (κ3) is 4.55. The summed E-state index contributed by atoms with van der Waals surface area (Å²) in [4.78, 5) is 2.43. The van der Waals surface area contributed by atoms with Gasteiger partial charge in [0.05, 0.1) is 7.11 Å². The highest BCUT2D eigenvalue weighted by Gasteiger charge is 2.23. The second-order valence-corrected chi connectivity index (χ2v) is 6.40. The number of rotatable bonds is 7. The van der Waals surface area contributed by atoms with Gasteiger partial charge in [0.1, 0.15) is 17.4 Å². The Balaban J connectivity index is 1.70. The van der Waals surface area contributed by atoms with Crippen LogP contribution in [0.4, 0.5) is 8.78 Å². The summed E-state index contributed by atoms with van der Waals surface area (Å²) in [6.07, 6.45) is 2.39. The lowest BCUT2D eigenvalue weighted by Gasteiger charge is -2.28. The maximum Gasteiger partial charge on any atom is 0.127 e. The van der Waals surface area contributed by atoms with Crippen molar-refractivity contribution in [3.8, 4) is 5.75 Å². The average Bonchev–Trinajstić information content (AvgIpc) is 3.16. The number of hydrogen-bond acceptors (Lipinski definition) is 3. The predicted octanol–water partition coefficient (Wildman–Crippen LogP) is 3.90. The Morgan fingerprint density at radius 1 is 1.12 bits per heavy atom. The zero-order chi connectivity index (χ0) is 17.6. The second kappa shape index (κ2) is 8.41. The molecule has 0 aromatic heterocycles. The lowest BCUT2D eigenvalue weighted by atomic mass is 10.0. The molecule has 0 saturated carbocycles. The van der Waals surface area contributed by atoms with Crippen LogP contribution in [0.25, 0.3) is 0 Å². The number of nitrogens with zero attached hydrogens (tertiary/aromatic N) is 1. The number of likely N-dealkylation sites (tertiary alicyclic amines) is 1. The molecule has 1 N–H and O–H groups in total. The molecule has 1 fully saturated rings. The second-order valence-electron chi connectivity index (χ2n) is 6.40. The van der Waals surface area contributed by atoms with Crippen LogP contribution < -0.4 is 10.1 Å². The van der Waals surface area contributed by atoms with Gasteiger partial charge in [0.25, 0.3) is 0 Å². The summed E-state index contributed by atoms with van der Waals surface area (Å²) >= 11 is 0. The number of nitrogens with one attached hydrogen (secondary N) is 1. The molecule has 0 aliphatic carbocycles. The van der Waals surface area contributed by atoms with Crippen LogP contribution in [0.15, 0.2) is 42.5 Å². The van der Waals surface area contributed by atoms with E-state index in [9.17, 15) is 8.78 Å². The first-order valence-electron chi connectivity index (χ1n) is 8.70. The molecule has 0 unspecified atom stereocenters. The van der Waals surface area contributed by atoms with Crippen molar-refractivity contribution in [3.05, 3.63) is 65.2 Å². The summed E-state index contributed by atoms with van der Waals surface area (Å²) in [6.45, 7) is 3.08. The fraction of sp³-hybridized carbons (Fsp3) is 0.400. The highest BCUT2D eigenvalue weighted by Crippen LogP contribution is 2.27. The van der Waals surface area contributed by atoms with Crippen LogP contribution in [0.1, 0.15) is 30.0 Å². The van der Waals surface area contributed by atoms with E-state index in [0.717, 1.165) is 24.9 Å². The van der Waals surface area contributed by atoms with E-state index in [2.05, 4.69) is 16.3 Å². The molecule has 1 heterocycles. The summed E-state index contributed by atoms with van der Waals surface area (Å²) < 4.78 is 32.4. The van der Waals surface area contributed by atoms with Crippen molar-refractivity contribution in [2.45, 2.75) is 25.4 Å². The number of methoxy groups -OCH3 is 1. The van der Waals surface area contributed by atoms with Gasteiger partial charge in [0.2, 0.25) is 0 Å². The van der Waals surface area contributed by atoms with Gasteiger partial charge in [-0.3, -0.25) is 4.90 Å². The van der Waals surface area contributed by atoms with Crippen molar-refractivity contribution >= 4 is 0 Å². The first kappa shape index (κ1) is 17.8.